The summed E-state index contributed by atoms with van der Waals surface area (Å²) in [5.41, 5.74) is 0.971. The van der Waals surface area contributed by atoms with Crippen LogP contribution in [0.2, 0.25) is 0 Å². The van der Waals surface area contributed by atoms with Gasteiger partial charge in [0.25, 0.3) is 0 Å². The minimum Gasteiger partial charge on any atom is -0.487 e. The van der Waals surface area contributed by atoms with Gasteiger partial charge in [-0.05, 0) is 33.8 Å². The van der Waals surface area contributed by atoms with Crippen LogP contribution < -0.4 is 15.4 Å². The van der Waals surface area contributed by atoms with Crippen molar-refractivity contribution in [3.05, 3.63) is 45.9 Å². The van der Waals surface area contributed by atoms with Crippen molar-refractivity contribution < 1.29 is 4.74 Å². The SMILES string of the molecule is CCNC(=NCc1cnc(C)s1)NC1CC(C)(C)Oc2ccccc21. The maximum atomic E-state index is 6.12. The van der Waals surface area contributed by atoms with Crippen LogP contribution in [0, 0.1) is 6.92 Å². The van der Waals surface area contributed by atoms with Crippen molar-refractivity contribution in [3.8, 4) is 5.75 Å². The molecule has 0 spiro atoms. The van der Waals surface area contributed by atoms with Crippen LogP contribution in [0.1, 0.15) is 48.7 Å². The number of nitrogens with zero attached hydrogens (tertiary/aromatic N) is 2. The van der Waals surface area contributed by atoms with Gasteiger partial charge in [0.15, 0.2) is 5.96 Å². The molecule has 2 N–H and O–H groups in total. The van der Waals surface area contributed by atoms with E-state index < -0.39 is 0 Å². The summed E-state index contributed by atoms with van der Waals surface area (Å²) in [6, 6.07) is 8.40. The quantitative estimate of drug-likeness (QED) is 0.644. The molecule has 2 aromatic rings. The van der Waals surface area contributed by atoms with Crippen molar-refractivity contribution in [2.75, 3.05) is 6.54 Å². The van der Waals surface area contributed by atoms with E-state index in [2.05, 4.69) is 48.5 Å². The molecule has 0 aliphatic carbocycles. The Bertz CT molecular complexity index is 753. The van der Waals surface area contributed by atoms with Gasteiger partial charge in [-0.15, -0.1) is 11.3 Å². The van der Waals surface area contributed by atoms with Gasteiger partial charge >= 0.3 is 0 Å². The third-order valence-electron chi connectivity index (χ3n) is 4.09. The zero-order valence-electron chi connectivity index (χ0n) is 15.3. The van der Waals surface area contributed by atoms with Crippen LogP contribution in [-0.4, -0.2) is 23.1 Å². The van der Waals surface area contributed by atoms with E-state index in [4.69, 9.17) is 9.73 Å². The molecule has 1 atom stereocenters. The van der Waals surface area contributed by atoms with Gasteiger partial charge in [0.2, 0.25) is 0 Å². The number of thiazole rings is 1. The van der Waals surface area contributed by atoms with Crippen LogP contribution in [0.5, 0.6) is 5.75 Å². The summed E-state index contributed by atoms with van der Waals surface area (Å²) in [5.74, 6) is 1.77. The van der Waals surface area contributed by atoms with Crippen molar-refractivity contribution in [2.24, 2.45) is 4.99 Å². The molecule has 1 aliphatic rings. The Hall–Kier alpha value is -2.08. The molecule has 0 bridgehead atoms. The largest absolute Gasteiger partial charge is 0.487 e. The smallest absolute Gasteiger partial charge is 0.192 e. The van der Waals surface area contributed by atoms with Crippen molar-refractivity contribution in [1.29, 1.82) is 0 Å². The van der Waals surface area contributed by atoms with Gasteiger partial charge in [-0.1, -0.05) is 18.2 Å². The fourth-order valence-corrected chi connectivity index (χ4v) is 3.77. The van der Waals surface area contributed by atoms with E-state index in [1.807, 2.05) is 25.3 Å². The first-order valence-corrected chi connectivity index (χ1v) is 9.52. The maximum Gasteiger partial charge on any atom is 0.192 e. The summed E-state index contributed by atoms with van der Waals surface area (Å²) in [6.07, 6.45) is 2.79. The number of ether oxygens (including phenoxy) is 1. The maximum absolute atomic E-state index is 6.12. The Morgan fingerprint density at radius 3 is 2.92 bits per heavy atom. The molecule has 0 amide bonds. The predicted octanol–water partition coefficient (Wildman–Crippen LogP) is 3.81. The van der Waals surface area contributed by atoms with Crippen LogP contribution in [-0.2, 0) is 6.54 Å². The number of aromatic nitrogens is 1. The number of para-hydroxylation sites is 1. The Balaban J connectivity index is 1.79. The number of aliphatic imine (C=N–C) groups is 1. The predicted molar refractivity (Wildman–Crippen MR) is 103 cm³/mol. The van der Waals surface area contributed by atoms with Crippen LogP contribution in [0.15, 0.2) is 35.5 Å². The number of hydrogen-bond donors (Lipinski definition) is 2. The van der Waals surface area contributed by atoms with Gasteiger partial charge in [0.1, 0.15) is 11.4 Å². The molecule has 5 nitrogen and oxygen atoms in total. The van der Waals surface area contributed by atoms with Crippen LogP contribution >= 0.6 is 11.3 Å². The average molecular weight is 359 g/mol. The molecule has 1 aliphatic heterocycles. The summed E-state index contributed by atoms with van der Waals surface area (Å²) in [5, 5.41) is 8.01. The molecule has 0 saturated carbocycles. The summed E-state index contributed by atoms with van der Waals surface area (Å²) in [4.78, 5) is 10.2. The van der Waals surface area contributed by atoms with E-state index in [-0.39, 0.29) is 11.6 Å². The van der Waals surface area contributed by atoms with E-state index in [1.54, 1.807) is 11.3 Å². The lowest BCUT2D eigenvalue weighted by Crippen LogP contribution is -2.45. The summed E-state index contributed by atoms with van der Waals surface area (Å²) in [6.45, 7) is 9.80. The number of hydrogen-bond acceptors (Lipinski definition) is 4. The molecule has 6 heteroatoms. The van der Waals surface area contributed by atoms with Crippen molar-refractivity contribution in [3.63, 3.8) is 0 Å². The fourth-order valence-electron chi connectivity index (χ4n) is 3.05. The summed E-state index contributed by atoms with van der Waals surface area (Å²) >= 11 is 1.69. The Kier molecular flexibility index (Phi) is 5.27. The van der Waals surface area contributed by atoms with Crippen LogP contribution in [0.4, 0.5) is 0 Å². The van der Waals surface area contributed by atoms with Crippen molar-refractivity contribution >= 4 is 17.3 Å². The number of nitrogens with one attached hydrogen (secondary N) is 2. The lowest BCUT2D eigenvalue weighted by molar-refractivity contribution is 0.0694. The molecule has 1 aromatic heterocycles. The standard InChI is InChI=1S/C19H26N4OS/c1-5-20-18(22-12-14-11-21-13(2)25-14)23-16-10-19(3,4)24-17-9-7-6-8-15(16)17/h6-9,11,16H,5,10,12H2,1-4H3,(H2,20,22,23). The molecule has 0 fully saturated rings. The second-order valence-corrected chi connectivity index (χ2v) is 8.16. The fraction of sp³-hybridized carbons (Fsp3) is 0.474. The van der Waals surface area contributed by atoms with Crippen molar-refractivity contribution in [1.82, 2.24) is 15.6 Å². The molecule has 25 heavy (non-hydrogen) atoms. The second-order valence-electron chi connectivity index (χ2n) is 6.84. The van der Waals surface area contributed by atoms with Gasteiger partial charge in [-0.25, -0.2) is 9.98 Å². The molecule has 134 valence electrons. The molecule has 1 unspecified atom stereocenters. The lowest BCUT2D eigenvalue weighted by Gasteiger charge is -2.38. The number of aryl methyl sites for hydroxylation is 1. The zero-order valence-corrected chi connectivity index (χ0v) is 16.1. The first-order chi connectivity index (χ1) is 12.0. The Labute approximate surface area is 153 Å². The molecule has 0 radical (unpaired) electrons. The number of rotatable bonds is 4. The van der Waals surface area contributed by atoms with E-state index >= 15 is 0 Å². The second kappa shape index (κ2) is 7.44. The highest BCUT2D eigenvalue weighted by molar-refractivity contribution is 7.11. The molecule has 2 heterocycles. The third-order valence-corrected chi connectivity index (χ3v) is 4.99. The zero-order chi connectivity index (χ0) is 17.9. The monoisotopic (exact) mass is 358 g/mol. The normalized spacial score (nSPS) is 19.0. The van der Waals surface area contributed by atoms with Crippen molar-refractivity contribution in [2.45, 2.75) is 52.3 Å². The minimum atomic E-state index is -0.210. The van der Waals surface area contributed by atoms with E-state index in [9.17, 15) is 0 Å². The number of fused-ring (bicyclic) bond motifs is 1. The van der Waals surface area contributed by atoms with Gasteiger partial charge in [0, 0.05) is 29.6 Å². The van der Waals surface area contributed by atoms with E-state index in [1.165, 1.54) is 10.4 Å². The van der Waals surface area contributed by atoms with E-state index in [0.29, 0.717) is 6.54 Å². The first kappa shape index (κ1) is 17.7. The molecule has 0 saturated heterocycles. The average Bonchev–Trinajstić information content (AvgIpc) is 2.97. The number of benzene rings is 1. The highest BCUT2D eigenvalue weighted by Gasteiger charge is 2.33. The minimum absolute atomic E-state index is 0.168. The third kappa shape index (κ3) is 4.51. The highest BCUT2D eigenvalue weighted by atomic mass is 32.1. The first-order valence-electron chi connectivity index (χ1n) is 8.71. The van der Waals surface area contributed by atoms with Crippen LogP contribution in [0.3, 0.4) is 0 Å². The van der Waals surface area contributed by atoms with Crippen LogP contribution in [0.25, 0.3) is 0 Å². The molecular formula is C19H26N4OS. The van der Waals surface area contributed by atoms with Gasteiger partial charge in [-0.3, -0.25) is 0 Å². The lowest BCUT2D eigenvalue weighted by atomic mass is 9.90. The number of guanidine groups is 1. The molecule has 3 rings (SSSR count). The van der Waals surface area contributed by atoms with Gasteiger partial charge in [0.05, 0.1) is 17.6 Å². The Morgan fingerprint density at radius 2 is 2.20 bits per heavy atom. The highest BCUT2D eigenvalue weighted by Crippen LogP contribution is 2.39. The van der Waals surface area contributed by atoms with Gasteiger partial charge in [-0.2, -0.15) is 0 Å². The molecular weight excluding hydrogens is 332 g/mol. The topological polar surface area (TPSA) is 58.5 Å². The van der Waals surface area contributed by atoms with Gasteiger partial charge < -0.3 is 15.4 Å². The summed E-state index contributed by atoms with van der Waals surface area (Å²) in [7, 11) is 0. The summed E-state index contributed by atoms with van der Waals surface area (Å²) < 4.78 is 6.12. The molecule has 1 aromatic carbocycles. The Morgan fingerprint density at radius 1 is 1.40 bits per heavy atom. The van der Waals surface area contributed by atoms with E-state index in [0.717, 1.165) is 29.7 Å².